The van der Waals surface area contributed by atoms with E-state index in [1.54, 1.807) is 0 Å². The van der Waals surface area contributed by atoms with Crippen LogP contribution in [-0.2, 0) is 32.2 Å². The van der Waals surface area contributed by atoms with Crippen LogP contribution in [0.25, 0.3) is 11.1 Å². The SMILES string of the molecule is O=C(O)CCCCCCC(=O)NCc1cccc(-c2ccc([C@H]3O[C@@H](CN4CCCCCCC4)C[C@@H](c4ccc(CO)cc4)O3)cc2)c1. The van der Waals surface area contributed by atoms with Crippen molar-refractivity contribution in [1.29, 1.82) is 0 Å². The minimum absolute atomic E-state index is 0.0164. The van der Waals surface area contributed by atoms with Gasteiger partial charge < -0.3 is 29.9 Å². The first-order valence-electron chi connectivity index (χ1n) is 17.9. The number of aliphatic hydroxyl groups is 1. The summed E-state index contributed by atoms with van der Waals surface area (Å²) >= 11 is 0. The summed E-state index contributed by atoms with van der Waals surface area (Å²) in [5, 5.41) is 21.3. The fraction of sp³-hybridized carbons (Fsp3) is 0.500. The molecule has 0 unspecified atom stereocenters. The summed E-state index contributed by atoms with van der Waals surface area (Å²) in [6.45, 7) is 3.63. The van der Waals surface area contributed by atoms with Gasteiger partial charge in [0.05, 0.1) is 18.8 Å². The van der Waals surface area contributed by atoms with E-state index >= 15 is 0 Å². The average molecular weight is 657 g/mol. The van der Waals surface area contributed by atoms with Crippen molar-refractivity contribution in [3.8, 4) is 11.1 Å². The number of ether oxygens (including phenoxy) is 2. The minimum atomic E-state index is -0.767. The Balaban J connectivity index is 1.20. The van der Waals surface area contributed by atoms with Gasteiger partial charge in [-0.15, -0.1) is 0 Å². The molecule has 2 aliphatic rings. The highest BCUT2D eigenvalue weighted by Crippen LogP contribution is 2.39. The third-order valence-corrected chi connectivity index (χ3v) is 9.50. The number of carbonyl (C=O) groups excluding carboxylic acids is 1. The van der Waals surface area contributed by atoms with Crippen molar-refractivity contribution in [1.82, 2.24) is 10.2 Å². The molecule has 3 atom stereocenters. The lowest BCUT2D eigenvalue weighted by atomic mass is 9.98. The Bertz CT molecular complexity index is 1420. The van der Waals surface area contributed by atoms with Crippen LogP contribution in [0.1, 0.15) is 112 Å². The van der Waals surface area contributed by atoms with E-state index in [9.17, 15) is 14.7 Å². The number of likely N-dealkylation sites (tertiary alicyclic amines) is 1. The van der Waals surface area contributed by atoms with Gasteiger partial charge in [-0.2, -0.15) is 0 Å². The molecule has 2 fully saturated rings. The molecule has 258 valence electrons. The molecule has 0 bridgehead atoms. The summed E-state index contributed by atoms with van der Waals surface area (Å²) in [6.07, 6.45) is 10.5. The smallest absolute Gasteiger partial charge is 0.303 e. The molecule has 0 aliphatic carbocycles. The van der Waals surface area contributed by atoms with Gasteiger partial charge in [-0.05, 0) is 72.7 Å². The molecule has 0 aromatic heterocycles. The number of hydrogen-bond acceptors (Lipinski definition) is 6. The molecule has 2 saturated heterocycles. The number of carboxylic acid groups (broad SMARTS) is 1. The van der Waals surface area contributed by atoms with Crippen molar-refractivity contribution >= 4 is 11.9 Å². The molecule has 1 amide bonds. The van der Waals surface area contributed by atoms with Gasteiger partial charge >= 0.3 is 5.97 Å². The predicted molar refractivity (Wildman–Crippen MR) is 187 cm³/mol. The number of benzene rings is 3. The van der Waals surface area contributed by atoms with Crippen LogP contribution in [0.2, 0.25) is 0 Å². The second-order valence-electron chi connectivity index (χ2n) is 13.3. The molecule has 0 saturated carbocycles. The van der Waals surface area contributed by atoms with Crippen LogP contribution < -0.4 is 5.32 Å². The van der Waals surface area contributed by atoms with Crippen LogP contribution in [-0.4, -0.2) is 52.7 Å². The molecule has 3 N–H and O–H groups in total. The molecule has 0 spiro atoms. The zero-order valence-corrected chi connectivity index (χ0v) is 28.2. The second-order valence-corrected chi connectivity index (χ2v) is 13.3. The first kappa shape index (κ1) is 35.7. The van der Waals surface area contributed by atoms with Crippen LogP contribution in [0.15, 0.2) is 72.8 Å². The maximum absolute atomic E-state index is 12.4. The Labute approximate surface area is 285 Å². The lowest BCUT2D eigenvalue weighted by Gasteiger charge is -2.38. The summed E-state index contributed by atoms with van der Waals surface area (Å²) in [5.41, 5.74) is 6.18. The number of nitrogens with zero attached hydrogens (tertiary/aromatic N) is 1. The number of carboxylic acids is 1. The lowest BCUT2D eigenvalue weighted by Crippen LogP contribution is -2.40. The topological polar surface area (TPSA) is 108 Å². The largest absolute Gasteiger partial charge is 0.481 e. The Hall–Kier alpha value is -3.56. The van der Waals surface area contributed by atoms with Gasteiger partial charge in [0.2, 0.25) is 5.91 Å². The Morgan fingerprint density at radius 3 is 2.15 bits per heavy atom. The number of aliphatic carboxylic acids is 1. The summed E-state index contributed by atoms with van der Waals surface area (Å²) in [5.74, 6) is -0.751. The molecule has 2 heterocycles. The van der Waals surface area contributed by atoms with Crippen LogP contribution in [0, 0.1) is 0 Å². The molecule has 3 aromatic carbocycles. The number of rotatable bonds is 15. The Morgan fingerprint density at radius 2 is 1.44 bits per heavy atom. The van der Waals surface area contributed by atoms with Crippen LogP contribution >= 0.6 is 0 Å². The number of unbranched alkanes of at least 4 members (excludes halogenated alkanes) is 3. The molecule has 0 radical (unpaired) electrons. The van der Waals surface area contributed by atoms with Gasteiger partial charge in [0, 0.05) is 37.9 Å². The Morgan fingerprint density at radius 1 is 0.750 bits per heavy atom. The highest BCUT2D eigenvalue weighted by molar-refractivity contribution is 5.76. The third-order valence-electron chi connectivity index (χ3n) is 9.50. The fourth-order valence-corrected chi connectivity index (χ4v) is 6.71. The summed E-state index contributed by atoms with van der Waals surface area (Å²) in [4.78, 5) is 25.6. The number of nitrogens with one attached hydrogen (secondary N) is 1. The molecular weight excluding hydrogens is 604 g/mol. The quantitative estimate of drug-likeness (QED) is 0.144. The van der Waals surface area contributed by atoms with E-state index in [1.807, 2.05) is 24.3 Å². The van der Waals surface area contributed by atoms with Crippen LogP contribution in [0.3, 0.4) is 0 Å². The van der Waals surface area contributed by atoms with Crippen molar-refractivity contribution in [2.24, 2.45) is 0 Å². The summed E-state index contributed by atoms with van der Waals surface area (Å²) in [6, 6.07) is 24.7. The molecule has 8 heteroatoms. The van der Waals surface area contributed by atoms with Gasteiger partial charge in [-0.3, -0.25) is 9.59 Å². The number of hydrogen-bond donors (Lipinski definition) is 3. The van der Waals surface area contributed by atoms with Gasteiger partial charge in [0.25, 0.3) is 0 Å². The first-order chi connectivity index (χ1) is 23.5. The Kier molecular flexibility index (Phi) is 14.0. The zero-order chi connectivity index (χ0) is 33.6. The first-order valence-corrected chi connectivity index (χ1v) is 17.9. The minimum Gasteiger partial charge on any atom is -0.481 e. The van der Waals surface area contributed by atoms with E-state index in [-0.39, 0.29) is 31.1 Å². The van der Waals surface area contributed by atoms with Gasteiger partial charge in [-0.1, -0.05) is 98.8 Å². The van der Waals surface area contributed by atoms with E-state index in [0.717, 1.165) is 78.7 Å². The normalized spacial score (nSPS) is 20.5. The molecular formula is C40H52N2O6. The third kappa shape index (κ3) is 11.3. The fourth-order valence-electron chi connectivity index (χ4n) is 6.71. The standard InChI is InChI=1S/C40H52N2O6/c43-29-30-15-17-33(18-16-30)37-26-36(28-42-23-8-4-1-5-9-24-42)47-40(48-37)34-21-19-32(20-22-34)35-12-10-11-31(25-35)27-41-38(44)13-6-2-3-7-14-39(45)46/h10-12,15-22,25,36-37,40,43H,1-9,13-14,23-24,26-29H2,(H,41,44)(H,45,46)/t36-,37+,40+/m1/s1. The maximum atomic E-state index is 12.4. The van der Waals surface area contributed by atoms with E-state index in [2.05, 4.69) is 58.7 Å². The van der Waals surface area contributed by atoms with E-state index in [4.69, 9.17) is 14.6 Å². The maximum Gasteiger partial charge on any atom is 0.303 e. The second kappa shape index (κ2) is 18.8. The number of aliphatic hydroxyl groups excluding tert-OH is 1. The molecule has 48 heavy (non-hydrogen) atoms. The highest BCUT2D eigenvalue weighted by atomic mass is 16.7. The van der Waals surface area contributed by atoms with Crippen molar-refractivity contribution in [2.45, 2.75) is 109 Å². The van der Waals surface area contributed by atoms with Gasteiger partial charge in [0.15, 0.2) is 6.29 Å². The summed E-state index contributed by atoms with van der Waals surface area (Å²) < 4.78 is 13.3. The lowest BCUT2D eigenvalue weighted by molar-refractivity contribution is -0.253. The molecule has 2 aliphatic heterocycles. The molecule has 3 aromatic rings. The van der Waals surface area contributed by atoms with E-state index < -0.39 is 12.3 Å². The van der Waals surface area contributed by atoms with Crippen LogP contribution in [0.5, 0.6) is 0 Å². The highest BCUT2D eigenvalue weighted by Gasteiger charge is 2.33. The zero-order valence-electron chi connectivity index (χ0n) is 28.2. The van der Waals surface area contributed by atoms with E-state index in [0.29, 0.717) is 19.4 Å². The summed E-state index contributed by atoms with van der Waals surface area (Å²) in [7, 11) is 0. The monoisotopic (exact) mass is 656 g/mol. The van der Waals surface area contributed by atoms with E-state index in [1.165, 1.54) is 32.1 Å². The van der Waals surface area contributed by atoms with Gasteiger partial charge in [0.1, 0.15) is 0 Å². The predicted octanol–water partition coefficient (Wildman–Crippen LogP) is 7.70. The average Bonchev–Trinajstić information content (AvgIpc) is 3.10. The molecule has 5 rings (SSSR count). The number of amides is 1. The molecule has 8 nitrogen and oxygen atoms in total. The van der Waals surface area contributed by atoms with Crippen LogP contribution in [0.4, 0.5) is 0 Å². The van der Waals surface area contributed by atoms with Crippen molar-refractivity contribution in [3.05, 3.63) is 95.1 Å². The van der Waals surface area contributed by atoms with Gasteiger partial charge in [-0.25, -0.2) is 0 Å². The van der Waals surface area contributed by atoms with Crippen molar-refractivity contribution in [3.63, 3.8) is 0 Å². The van der Waals surface area contributed by atoms with Crippen molar-refractivity contribution < 1.29 is 29.3 Å². The van der Waals surface area contributed by atoms with Crippen molar-refractivity contribution in [2.75, 3.05) is 19.6 Å². The number of carbonyl (C=O) groups is 2.